The monoisotopic (exact) mass is 577 g/mol. The van der Waals surface area contributed by atoms with Crippen LogP contribution in [0.25, 0.3) is 0 Å². The minimum absolute atomic E-state index is 0.188. The lowest BCUT2D eigenvalue weighted by Crippen LogP contribution is -2.81. The standard InChI is InChI=1S/C17H19N7O8S4/c1-23-16(20-21-22-23)34-4-5-3-33-15-17(32-2,14(31)24(15)7(5)11(29)30)19-9(26)13-35-12(36-13)6(8(18)25)10(27)28/h6,12-13,15H,3-4H2,1-2H3,(H2,18,25)(H,19,26)(H,27,28)(H,29,30)/t6?,12?,13?,15-,17+/m1/s1. The van der Waals surface area contributed by atoms with Crippen LogP contribution in [0.4, 0.5) is 0 Å². The molecule has 15 nitrogen and oxygen atoms in total. The van der Waals surface area contributed by atoms with Crippen molar-refractivity contribution in [3.8, 4) is 0 Å². The first-order chi connectivity index (χ1) is 17.0. The molecule has 0 bridgehead atoms. The molecule has 5 N–H and O–H groups in total. The number of aliphatic carboxylic acids is 2. The molecule has 0 spiro atoms. The molecule has 1 unspecified atom stereocenters. The van der Waals surface area contributed by atoms with E-state index in [1.165, 1.54) is 35.3 Å². The first-order valence-electron chi connectivity index (χ1n) is 9.97. The maximum Gasteiger partial charge on any atom is 0.352 e. The van der Waals surface area contributed by atoms with Crippen molar-refractivity contribution >= 4 is 76.7 Å². The second-order valence-corrected chi connectivity index (χ2v) is 12.7. The summed E-state index contributed by atoms with van der Waals surface area (Å²) < 4.78 is 5.29. The number of hydrogen-bond donors (Lipinski definition) is 4. The summed E-state index contributed by atoms with van der Waals surface area (Å²) in [5, 5.41) is 32.3. The number of amides is 3. The van der Waals surface area contributed by atoms with Crippen LogP contribution in [0.5, 0.6) is 0 Å². The van der Waals surface area contributed by atoms with Crippen LogP contribution >= 0.6 is 47.0 Å². The molecule has 1 aromatic heterocycles. The molecule has 2 saturated heterocycles. The van der Waals surface area contributed by atoms with Gasteiger partial charge in [0.25, 0.3) is 11.6 Å². The molecule has 2 fully saturated rings. The maximum atomic E-state index is 13.2. The Morgan fingerprint density at radius 2 is 2.03 bits per heavy atom. The van der Waals surface area contributed by atoms with E-state index < -0.39 is 55.8 Å². The van der Waals surface area contributed by atoms with E-state index in [1.54, 1.807) is 7.05 Å². The van der Waals surface area contributed by atoms with Gasteiger partial charge in [-0.15, -0.1) is 40.4 Å². The third-order valence-corrected chi connectivity index (χ3v) is 11.3. The minimum Gasteiger partial charge on any atom is -0.481 e. The fourth-order valence-electron chi connectivity index (χ4n) is 3.70. The van der Waals surface area contributed by atoms with Crippen molar-refractivity contribution in [3.63, 3.8) is 0 Å². The zero-order chi connectivity index (χ0) is 26.4. The van der Waals surface area contributed by atoms with Crippen LogP contribution < -0.4 is 11.1 Å². The average Bonchev–Trinajstić information content (AvgIpc) is 3.20. The van der Waals surface area contributed by atoms with Crippen LogP contribution in [-0.2, 0) is 35.8 Å². The summed E-state index contributed by atoms with van der Waals surface area (Å²) in [7, 11) is 2.87. The van der Waals surface area contributed by atoms with Gasteiger partial charge in [-0.25, -0.2) is 9.48 Å². The number of ether oxygens (including phenoxy) is 1. The quantitative estimate of drug-likeness (QED) is 0.106. The highest BCUT2D eigenvalue weighted by Crippen LogP contribution is 2.52. The highest BCUT2D eigenvalue weighted by atomic mass is 32.3. The largest absolute Gasteiger partial charge is 0.481 e. The van der Waals surface area contributed by atoms with Gasteiger partial charge >= 0.3 is 11.9 Å². The number of thioether (sulfide) groups is 4. The van der Waals surface area contributed by atoms with Gasteiger partial charge in [0.1, 0.15) is 15.7 Å². The second kappa shape index (κ2) is 10.1. The lowest BCUT2D eigenvalue weighted by molar-refractivity contribution is -0.192. The topological polar surface area (TPSA) is 220 Å². The van der Waals surface area contributed by atoms with E-state index in [2.05, 4.69) is 20.8 Å². The number of nitrogens with zero attached hydrogens (tertiary/aromatic N) is 5. The summed E-state index contributed by atoms with van der Waals surface area (Å²) in [5.74, 6) is -6.05. The number of β-lactam (4-membered cyclic amide) rings is 1. The number of nitrogens with one attached hydrogen (secondary N) is 1. The molecule has 4 rings (SSSR count). The summed E-state index contributed by atoms with van der Waals surface area (Å²) in [4.78, 5) is 61.9. The van der Waals surface area contributed by atoms with E-state index in [0.29, 0.717) is 10.7 Å². The highest BCUT2D eigenvalue weighted by molar-refractivity contribution is 8.34. The Balaban J connectivity index is 1.46. The van der Waals surface area contributed by atoms with Gasteiger partial charge < -0.3 is 26.0 Å². The van der Waals surface area contributed by atoms with Crippen LogP contribution in [0, 0.1) is 5.92 Å². The molecule has 3 aliphatic heterocycles. The van der Waals surface area contributed by atoms with Gasteiger partial charge in [-0.3, -0.25) is 24.1 Å². The molecular weight excluding hydrogens is 558 g/mol. The summed E-state index contributed by atoms with van der Waals surface area (Å²) in [5.41, 5.74) is 3.64. The number of hydrogen-bond acceptors (Lipinski definition) is 13. The summed E-state index contributed by atoms with van der Waals surface area (Å²) in [6.07, 6.45) is 0. The van der Waals surface area contributed by atoms with Crippen LogP contribution in [0.2, 0.25) is 0 Å². The number of primary amides is 1. The average molecular weight is 578 g/mol. The van der Waals surface area contributed by atoms with Crippen molar-refractivity contribution in [2.45, 2.75) is 25.4 Å². The summed E-state index contributed by atoms with van der Waals surface area (Å²) in [6, 6.07) is 0. The van der Waals surface area contributed by atoms with E-state index in [4.69, 9.17) is 10.5 Å². The Hall–Kier alpha value is -2.48. The molecule has 3 atom stereocenters. The fraction of sp³-hybridized carbons (Fsp3) is 0.529. The number of tetrazole rings is 1. The Morgan fingerprint density at radius 1 is 1.33 bits per heavy atom. The predicted molar refractivity (Wildman–Crippen MR) is 128 cm³/mol. The first kappa shape index (κ1) is 26.6. The zero-order valence-electron chi connectivity index (χ0n) is 18.5. The minimum atomic E-state index is -1.79. The maximum absolute atomic E-state index is 13.2. The normalized spacial score (nSPS) is 28.0. The summed E-state index contributed by atoms with van der Waals surface area (Å²) >= 11 is 4.32. The lowest BCUT2D eigenvalue weighted by Gasteiger charge is -2.56. The second-order valence-electron chi connectivity index (χ2n) is 7.59. The van der Waals surface area contributed by atoms with Gasteiger partial charge in [-0.1, -0.05) is 11.8 Å². The predicted octanol–water partition coefficient (Wildman–Crippen LogP) is -1.67. The molecule has 0 radical (unpaired) electrons. The van der Waals surface area contributed by atoms with Gasteiger partial charge in [0.2, 0.25) is 17.0 Å². The highest BCUT2D eigenvalue weighted by Gasteiger charge is 2.67. The van der Waals surface area contributed by atoms with Crippen LogP contribution in [-0.4, -0.2) is 104 Å². The van der Waals surface area contributed by atoms with E-state index in [0.717, 1.165) is 28.4 Å². The molecule has 0 aromatic carbocycles. The van der Waals surface area contributed by atoms with Gasteiger partial charge in [-0.2, -0.15) is 0 Å². The molecule has 0 aliphatic carbocycles. The molecule has 3 aliphatic rings. The first-order valence-corrected chi connectivity index (χ1v) is 13.9. The fourth-order valence-corrected chi connectivity index (χ4v) is 8.87. The van der Waals surface area contributed by atoms with Crippen molar-refractivity contribution in [2.24, 2.45) is 18.7 Å². The molecular formula is C17H19N7O8S4. The van der Waals surface area contributed by atoms with E-state index in [1.807, 2.05) is 0 Å². The third kappa shape index (κ3) is 4.42. The smallest absolute Gasteiger partial charge is 0.352 e. The lowest BCUT2D eigenvalue weighted by atomic mass is 9.98. The molecule has 0 saturated carbocycles. The Bertz CT molecular complexity index is 1160. The van der Waals surface area contributed by atoms with E-state index >= 15 is 0 Å². The number of aryl methyl sites for hydroxylation is 1. The van der Waals surface area contributed by atoms with Gasteiger partial charge in [0.05, 0.1) is 4.58 Å². The Labute approximate surface area is 219 Å². The van der Waals surface area contributed by atoms with E-state index in [9.17, 15) is 34.2 Å². The molecule has 4 heterocycles. The Kier molecular flexibility index (Phi) is 7.47. The number of nitrogens with two attached hydrogens (primary N) is 1. The number of fused-ring (bicyclic) bond motifs is 1. The number of carbonyl (C=O) groups excluding carboxylic acids is 3. The van der Waals surface area contributed by atoms with Gasteiger partial charge in [0, 0.05) is 25.7 Å². The molecule has 36 heavy (non-hydrogen) atoms. The van der Waals surface area contributed by atoms with Crippen molar-refractivity contribution < 1.29 is 38.9 Å². The van der Waals surface area contributed by atoms with E-state index in [-0.39, 0.29) is 17.2 Å². The number of aromatic nitrogens is 4. The Morgan fingerprint density at radius 3 is 2.56 bits per heavy atom. The number of methoxy groups -OCH3 is 1. The van der Waals surface area contributed by atoms with Gasteiger partial charge in [0.15, 0.2) is 5.92 Å². The number of carbonyl (C=O) groups is 5. The summed E-state index contributed by atoms with van der Waals surface area (Å²) in [6.45, 7) is 0. The molecule has 194 valence electrons. The van der Waals surface area contributed by atoms with Crippen LogP contribution in [0.1, 0.15) is 0 Å². The van der Waals surface area contributed by atoms with Crippen molar-refractivity contribution in [1.29, 1.82) is 0 Å². The van der Waals surface area contributed by atoms with Gasteiger partial charge in [-0.05, 0) is 16.0 Å². The van der Waals surface area contributed by atoms with Crippen LogP contribution in [0.15, 0.2) is 16.4 Å². The SMILES string of the molecule is CO[C@@]1(NC(=O)C2SC(C(C(N)=O)C(=O)O)S2)C(=O)N2C(C(=O)O)=C(CSc3nnnn3C)CS[C@@H]21. The number of carboxylic acid groups (broad SMARTS) is 2. The molecule has 19 heteroatoms. The number of carboxylic acids is 2. The number of rotatable bonds is 10. The van der Waals surface area contributed by atoms with Crippen molar-refractivity contribution in [3.05, 3.63) is 11.3 Å². The molecule has 3 amide bonds. The van der Waals surface area contributed by atoms with Crippen LogP contribution in [0.3, 0.4) is 0 Å². The third-order valence-electron chi connectivity index (χ3n) is 5.47. The van der Waals surface area contributed by atoms with Crippen molar-refractivity contribution in [2.75, 3.05) is 18.6 Å². The van der Waals surface area contributed by atoms with Crippen molar-refractivity contribution in [1.82, 2.24) is 30.4 Å². The molecule has 1 aromatic rings. The zero-order valence-corrected chi connectivity index (χ0v) is 21.8.